The number of rotatable bonds is 0. The highest BCUT2D eigenvalue weighted by molar-refractivity contribution is 5.89. The van der Waals surface area contributed by atoms with Crippen LogP contribution in [0.25, 0.3) is 10.8 Å². The third kappa shape index (κ3) is 1.01. The van der Waals surface area contributed by atoms with Gasteiger partial charge in [0, 0.05) is 11.5 Å². The van der Waals surface area contributed by atoms with E-state index in [1.54, 1.807) is 0 Å². The monoisotopic (exact) mass is 210 g/mol. The summed E-state index contributed by atoms with van der Waals surface area (Å²) in [5.74, 6) is 1.79. The van der Waals surface area contributed by atoms with Crippen molar-refractivity contribution in [3.05, 3.63) is 42.0 Å². The zero-order valence-electron chi connectivity index (χ0n) is 9.15. The SMILES string of the molecule is c1ccc2c3c(ccc2c1)O[C@H]1CCC[C@@H]31. The molecule has 1 aliphatic heterocycles. The second-order valence-corrected chi connectivity index (χ2v) is 4.89. The summed E-state index contributed by atoms with van der Waals surface area (Å²) in [7, 11) is 0. The molecule has 0 N–H and O–H groups in total. The van der Waals surface area contributed by atoms with Crippen LogP contribution in [-0.2, 0) is 0 Å². The van der Waals surface area contributed by atoms with Crippen LogP contribution in [0.15, 0.2) is 36.4 Å². The second kappa shape index (κ2) is 3.00. The van der Waals surface area contributed by atoms with Gasteiger partial charge in [-0.05, 0) is 36.1 Å². The van der Waals surface area contributed by atoms with Gasteiger partial charge in [0.2, 0.25) is 0 Å². The van der Waals surface area contributed by atoms with E-state index in [-0.39, 0.29) is 0 Å². The topological polar surface area (TPSA) is 9.23 Å². The van der Waals surface area contributed by atoms with Gasteiger partial charge in [0.25, 0.3) is 0 Å². The summed E-state index contributed by atoms with van der Waals surface area (Å²) in [5, 5.41) is 2.74. The van der Waals surface area contributed by atoms with Crippen molar-refractivity contribution in [3.8, 4) is 5.75 Å². The Morgan fingerprint density at radius 3 is 2.94 bits per heavy atom. The molecule has 0 amide bonds. The smallest absolute Gasteiger partial charge is 0.124 e. The third-order valence-corrected chi connectivity index (χ3v) is 4.03. The van der Waals surface area contributed by atoms with Crippen LogP contribution in [0, 0.1) is 0 Å². The van der Waals surface area contributed by atoms with E-state index in [1.807, 2.05) is 0 Å². The predicted molar refractivity (Wildman–Crippen MR) is 65.0 cm³/mol. The lowest BCUT2D eigenvalue weighted by Gasteiger charge is -2.08. The van der Waals surface area contributed by atoms with Crippen molar-refractivity contribution >= 4 is 10.8 Å². The van der Waals surface area contributed by atoms with Gasteiger partial charge in [0.05, 0.1) is 0 Å². The normalized spacial score (nSPS) is 26.5. The Labute approximate surface area is 95.0 Å². The van der Waals surface area contributed by atoms with Crippen molar-refractivity contribution < 1.29 is 4.74 Å². The molecular formula is C15H14O. The van der Waals surface area contributed by atoms with Gasteiger partial charge in [-0.3, -0.25) is 0 Å². The number of ether oxygens (including phenoxy) is 1. The van der Waals surface area contributed by atoms with E-state index in [1.165, 1.54) is 35.6 Å². The van der Waals surface area contributed by atoms with E-state index < -0.39 is 0 Å². The summed E-state index contributed by atoms with van der Waals surface area (Å²) >= 11 is 0. The summed E-state index contributed by atoms with van der Waals surface area (Å²) in [5.41, 5.74) is 1.47. The van der Waals surface area contributed by atoms with Crippen LogP contribution in [0.4, 0.5) is 0 Å². The molecule has 2 aromatic rings. The van der Waals surface area contributed by atoms with E-state index in [0.717, 1.165) is 5.75 Å². The molecule has 1 heterocycles. The van der Waals surface area contributed by atoms with E-state index in [9.17, 15) is 0 Å². The Morgan fingerprint density at radius 2 is 1.94 bits per heavy atom. The molecular weight excluding hydrogens is 196 g/mol. The van der Waals surface area contributed by atoms with Gasteiger partial charge in [-0.2, -0.15) is 0 Å². The van der Waals surface area contributed by atoms with Gasteiger partial charge in [0.15, 0.2) is 0 Å². The number of hydrogen-bond donors (Lipinski definition) is 0. The van der Waals surface area contributed by atoms with E-state index >= 15 is 0 Å². The number of fused-ring (bicyclic) bond motifs is 5. The lowest BCUT2D eigenvalue weighted by Crippen LogP contribution is -2.10. The molecule has 0 bridgehead atoms. The molecule has 1 aliphatic carbocycles. The first-order valence-corrected chi connectivity index (χ1v) is 6.12. The average molecular weight is 210 g/mol. The van der Waals surface area contributed by atoms with Crippen LogP contribution in [0.1, 0.15) is 30.7 Å². The largest absolute Gasteiger partial charge is 0.489 e. The molecule has 2 atom stereocenters. The zero-order chi connectivity index (χ0) is 10.5. The molecule has 0 aromatic heterocycles. The Bertz CT molecular complexity index is 558. The highest BCUT2D eigenvalue weighted by atomic mass is 16.5. The van der Waals surface area contributed by atoms with E-state index in [4.69, 9.17) is 4.74 Å². The fraction of sp³-hybridized carbons (Fsp3) is 0.333. The van der Waals surface area contributed by atoms with Crippen molar-refractivity contribution in [2.45, 2.75) is 31.3 Å². The minimum Gasteiger partial charge on any atom is -0.489 e. The molecule has 2 aromatic carbocycles. The minimum atomic E-state index is 0.459. The zero-order valence-corrected chi connectivity index (χ0v) is 9.15. The van der Waals surface area contributed by atoms with Crippen LogP contribution < -0.4 is 4.74 Å². The molecule has 0 saturated heterocycles. The molecule has 0 unspecified atom stereocenters. The molecule has 1 heteroatoms. The fourth-order valence-corrected chi connectivity index (χ4v) is 3.32. The minimum absolute atomic E-state index is 0.459. The lowest BCUT2D eigenvalue weighted by molar-refractivity contribution is 0.225. The van der Waals surface area contributed by atoms with Crippen LogP contribution in [-0.4, -0.2) is 6.10 Å². The third-order valence-electron chi connectivity index (χ3n) is 4.03. The Balaban J connectivity index is 2.03. The molecule has 80 valence electrons. The van der Waals surface area contributed by atoms with Crippen molar-refractivity contribution in [1.29, 1.82) is 0 Å². The molecule has 2 aliphatic rings. The van der Waals surface area contributed by atoms with Gasteiger partial charge in [-0.1, -0.05) is 30.3 Å². The summed E-state index contributed by atoms with van der Waals surface area (Å²) in [6.07, 6.45) is 4.30. The molecule has 16 heavy (non-hydrogen) atoms. The van der Waals surface area contributed by atoms with E-state index in [2.05, 4.69) is 36.4 Å². The summed E-state index contributed by atoms with van der Waals surface area (Å²) in [6, 6.07) is 13.0. The summed E-state index contributed by atoms with van der Waals surface area (Å²) in [6.45, 7) is 0. The molecule has 0 spiro atoms. The predicted octanol–water partition coefficient (Wildman–Crippen LogP) is 3.87. The highest BCUT2D eigenvalue weighted by Gasteiger charge is 2.38. The first-order chi connectivity index (χ1) is 7.93. The van der Waals surface area contributed by atoms with Crippen LogP contribution >= 0.6 is 0 Å². The Hall–Kier alpha value is -1.50. The second-order valence-electron chi connectivity index (χ2n) is 4.89. The van der Waals surface area contributed by atoms with Crippen LogP contribution in [0.2, 0.25) is 0 Å². The molecule has 1 saturated carbocycles. The lowest BCUT2D eigenvalue weighted by atomic mass is 9.92. The maximum absolute atomic E-state index is 6.04. The first-order valence-electron chi connectivity index (χ1n) is 6.12. The van der Waals surface area contributed by atoms with Crippen molar-refractivity contribution in [3.63, 3.8) is 0 Å². The summed E-state index contributed by atoms with van der Waals surface area (Å²) < 4.78 is 6.04. The quantitative estimate of drug-likeness (QED) is 0.641. The van der Waals surface area contributed by atoms with Gasteiger partial charge in [-0.15, -0.1) is 0 Å². The van der Waals surface area contributed by atoms with Gasteiger partial charge < -0.3 is 4.74 Å². The Morgan fingerprint density at radius 1 is 1.00 bits per heavy atom. The van der Waals surface area contributed by atoms with Crippen LogP contribution in [0.3, 0.4) is 0 Å². The average Bonchev–Trinajstić information content (AvgIpc) is 2.88. The summed E-state index contributed by atoms with van der Waals surface area (Å²) in [4.78, 5) is 0. The van der Waals surface area contributed by atoms with Gasteiger partial charge in [0.1, 0.15) is 11.9 Å². The molecule has 0 radical (unpaired) electrons. The fourth-order valence-electron chi connectivity index (χ4n) is 3.32. The van der Waals surface area contributed by atoms with Gasteiger partial charge in [-0.25, -0.2) is 0 Å². The van der Waals surface area contributed by atoms with Crippen molar-refractivity contribution in [2.24, 2.45) is 0 Å². The molecule has 4 rings (SSSR count). The Kier molecular flexibility index (Phi) is 1.62. The highest BCUT2D eigenvalue weighted by Crippen LogP contribution is 2.49. The van der Waals surface area contributed by atoms with Crippen molar-refractivity contribution in [1.82, 2.24) is 0 Å². The number of benzene rings is 2. The number of hydrogen-bond acceptors (Lipinski definition) is 1. The molecule has 1 nitrogen and oxygen atoms in total. The van der Waals surface area contributed by atoms with Crippen LogP contribution in [0.5, 0.6) is 5.75 Å². The maximum Gasteiger partial charge on any atom is 0.124 e. The first kappa shape index (κ1) is 8.63. The molecule has 1 fully saturated rings. The maximum atomic E-state index is 6.04. The van der Waals surface area contributed by atoms with E-state index in [0.29, 0.717) is 12.0 Å². The van der Waals surface area contributed by atoms with Crippen molar-refractivity contribution in [2.75, 3.05) is 0 Å². The van der Waals surface area contributed by atoms with Gasteiger partial charge >= 0.3 is 0 Å². The standard InChI is InChI=1S/C15H14O/c1-2-5-11-10(4-1)8-9-14-15(11)12-6-3-7-13(12)16-14/h1-2,4-5,8-9,12-13H,3,6-7H2/t12-,13+/m1/s1.